The fraction of sp³-hybridized carbons (Fsp3) is 0.400. The average molecular weight is 276 g/mol. The van der Waals surface area contributed by atoms with Crippen molar-refractivity contribution < 1.29 is 0 Å². The van der Waals surface area contributed by atoms with E-state index in [1.807, 2.05) is 30.7 Å². The summed E-state index contributed by atoms with van der Waals surface area (Å²) >= 11 is 6.28. The fourth-order valence-electron chi connectivity index (χ4n) is 2.70. The molecule has 2 heterocycles. The Hall–Kier alpha value is -1.32. The first-order valence-corrected chi connectivity index (χ1v) is 7.18. The van der Waals surface area contributed by atoms with Crippen molar-refractivity contribution in [2.75, 3.05) is 13.1 Å². The minimum Gasteiger partial charge on any atom is -0.330 e. The van der Waals surface area contributed by atoms with E-state index in [-0.39, 0.29) is 0 Å². The van der Waals surface area contributed by atoms with Crippen LogP contribution in [0.4, 0.5) is 0 Å². The Morgan fingerprint density at radius 1 is 1.26 bits per heavy atom. The number of rotatable bonds is 3. The summed E-state index contributed by atoms with van der Waals surface area (Å²) in [7, 11) is 0. The van der Waals surface area contributed by atoms with E-state index in [1.165, 1.54) is 12.8 Å². The number of halogens is 1. The van der Waals surface area contributed by atoms with Crippen LogP contribution < -0.4 is 5.32 Å². The van der Waals surface area contributed by atoms with Gasteiger partial charge in [0.05, 0.1) is 18.2 Å². The highest BCUT2D eigenvalue weighted by Gasteiger charge is 2.16. The molecule has 1 aromatic heterocycles. The van der Waals surface area contributed by atoms with Crippen LogP contribution in [0.25, 0.3) is 11.3 Å². The molecule has 3 nitrogen and oxygen atoms in total. The summed E-state index contributed by atoms with van der Waals surface area (Å²) in [5.74, 6) is 0.733. The Labute approximate surface area is 118 Å². The molecule has 1 aromatic carbocycles. The third-order valence-corrected chi connectivity index (χ3v) is 4.11. The smallest absolute Gasteiger partial charge is 0.0951 e. The van der Waals surface area contributed by atoms with Crippen LogP contribution in [0.15, 0.2) is 36.8 Å². The van der Waals surface area contributed by atoms with Gasteiger partial charge in [-0.2, -0.15) is 0 Å². The minimum absolute atomic E-state index is 0.733. The van der Waals surface area contributed by atoms with E-state index in [0.29, 0.717) is 0 Å². The number of hydrogen-bond acceptors (Lipinski definition) is 2. The molecule has 4 heteroatoms. The van der Waals surface area contributed by atoms with Crippen molar-refractivity contribution in [3.05, 3.63) is 41.8 Å². The van der Waals surface area contributed by atoms with Crippen LogP contribution in [0.1, 0.15) is 12.8 Å². The Morgan fingerprint density at radius 2 is 2.05 bits per heavy atom. The summed E-state index contributed by atoms with van der Waals surface area (Å²) in [5, 5.41) is 4.19. The van der Waals surface area contributed by atoms with E-state index in [1.54, 1.807) is 0 Å². The van der Waals surface area contributed by atoms with Crippen LogP contribution in [0.2, 0.25) is 5.02 Å². The molecule has 1 aliphatic rings. The van der Waals surface area contributed by atoms with Gasteiger partial charge in [-0.25, -0.2) is 4.98 Å². The van der Waals surface area contributed by atoms with Crippen molar-refractivity contribution in [1.82, 2.24) is 14.9 Å². The number of imidazole rings is 1. The van der Waals surface area contributed by atoms with Crippen LogP contribution in [0.3, 0.4) is 0 Å². The predicted octanol–water partition coefficient (Wildman–Crippen LogP) is 3.20. The highest BCUT2D eigenvalue weighted by molar-refractivity contribution is 6.33. The summed E-state index contributed by atoms with van der Waals surface area (Å²) in [4.78, 5) is 4.29. The third-order valence-electron chi connectivity index (χ3n) is 3.78. The maximum Gasteiger partial charge on any atom is 0.0951 e. The zero-order valence-electron chi connectivity index (χ0n) is 10.8. The molecule has 1 fully saturated rings. The number of aromatic nitrogens is 2. The number of nitrogens with one attached hydrogen (secondary N) is 1. The first-order valence-electron chi connectivity index (χ1n) is 6.80. The molecule has 1 N–H and O–H groups in total. The lowest BCUT2D eigenvalue weighted by Crippen LogP contribution is -2.29. The summed E-state index contributed by atoms with van der Waals surface area (Å²) in [5.41, 5.74) is 2.18. The Morgan fingerprint density at radius 3 is 2.84 bits per heavy atom. The van der Waals surface area contributed by atoms with Gasteiger partial charge >= 0.3 is 0 Å². The molecule has 0 unspecified atom stereocenters. The second kappa shape index (κ2) is 5.76. The number of hydrogen-bond donors (Lipinski definition) is 1. The predicted molar refractivity (Wildman–Crippen MR) is 78.3 cm³/mol. The Balaban J connectivity index is 1.84. The van der Waals surface area contributed by atoms with Crippen LogP contribution in [0.5, 0.6) is 0 Å². The van der Waals surface area contributed by atoms with E-state index in [9.17, 15) is 0 Å². The van der Waals surface area contributed by atoms with E-state index in [2.05, 4.69) is 20.9 Å². The topological polar surface area (TPSA) is 29.9 Å². The van der Waals surface area contributed by atoms with Crippen LogP contribution in [0, 0.1) is 5.92 Å². The molecule has 0 bridgehead atoms. The maximum atomic E-state index is 6.28. The molecule has 0 radical (unpaired) electrons. The quantitative estimate of drug-likeness (QED) is 0.932. The number of piperidine rings is 1. The second-order valence-electron chi connectivity index (χ2n) is 5.10. The molecule has 3 rings (SSSR count). The van der Waals surface area contributed by atoms with Gasteiger partial charge < -0.3 is 9.88 Å². The number of nitrogens with zero attached hydrogens (tertiary/aromatic N) is 2. The van der Waals surface area contributed by atoms with E-state index >= 15 is 0 Å². The van der Waals surface area contributed by atoms with E-state index in [0.717, 1.165) is 41.8 Å². The van der Waals surface area contributed by atoms with Crippen molar-refractivity contribution in [2.45, 2.75) is 19.4 Å². The van der Waals surface area contributed by atoms with Crippen LogP contribution >= 0.6 is 11.6 Å². The van der Waals surface area contributed by atoms with Crippen molar-refractivity contribution in [2.24, 2.45) is 5.92 Å². The second-order valence-corrected chi connectivity index (χ2v) is 5.51. The summed E-state index contributed by atoms with van der Waals surface area (Å²) in [6.45, 7) is 3.28. The monoisotopic (exact) mass is 275 g/mol. The molecule has 0 atom stereocenters. The molecule has 2 aromatic rings. The molecule has 0 amide bonds. The zero-order valence-corrected chi connectivity index (χ0v) is 11.6. The van der Waals surface area contributed by atoms with Gasteiger partial charge in [-0.3, -0.25) is 0 Å². The fourth-order valence-corrected chi connectivity index (χ4v) is 2.93. The van der Waals surface area contributed by atoms with Gasteiger partial charge in [-0.1, -0.05) is 29.8 Å². The molecule has 0 saturated carbocycles. The SMILES string of the molecule is Clc1ccccc1-c1cncn1CC1CCNCC1. The van der Waals surface area contributed by atoms with Crippen LogP contribution in [-0.4, -0.2) is 22.6 Å². The van der Waals surface area contributed by atoms with Gasteiger partial charge in [0.15, 0.2) is 0 Å². The van der Waals surface area contributed by atoms with Gasteiger partial charge in [-0.15, -0.1) is 0 Å². The van der Waals surface area contributed by atoms with Crippen molar-refractivity contribution in [3.8, 4) is 11.3 Å². The minimum atomic E-state index is 0.733. The lowest BCUT2D eigenvalue weighted by molar-refractivity contribution is 0.334. The summed E-state index contributed by atoms with van der Waals surface area (Å²) < 4.78 is 2.23. The lowest BCUT2D eigenvalue weighted by atomic mass is 9.98. The first-order chi connectivity index (χ1) is 9.34. The van der Waals surface area contributed by atoms with Gasteiger partial charge in [-0.05, 0) is 37.9 Å². The standard InChI is InChI=1S/C15H18ClN3/c16-14-4-2-1-3-13(14)15-9-18-11-19(15)10-12-5-7-17-8-6-12/h1-4,9,11-12,17H,5-8,10H2. The molecular formula is C15H18ClN3. The summed E-state index contributed by atoms with van der Waals surface area (Å²) in [6.07, 6.45) is 6.29. The van der Waals surface area contributed by atoms with Crippen molar-refractivity contribution in [1.29, 1.82) is 0 Å². The third kappa shape index (κ3) is 2.82. The highest BCUT2D eigenvalue weighted by atomic mass is 35.5. The molecule has 0 spiro atoms. The van der Waals surface area contributed by atoms with Gasteiger partial charge in [0, 0.05) is 17.1 Å². The zero-order chi connectivity index (χ0) is 13.1. The molecule has 1 saturated heterocycles. The maximum absolute atomic E-state index is 6.28. The average Bonchev–Trinajstić information content (AvgIpc) is 2.88. The van der Waals surface area contributed by atoms with Gasteiger partial charge in [0.25, 0.3) is 0 Å². The number of benzene rings is 1. The first kappa shape index (κ1) is 12.7. The molecule has 19 heavy (non-hydrogen) atoms. The van der Waals surface area contributed by atoms with Crippen LogP contribution in [-0.2, 0) is 6.54 Å². The Kier molecular flexibility index (Phi) is 3.85. The molecular weight excluding hydrogens is 258 g/mol. The summed E-state index contributed by atoms with van der Waals surface area (Å²) in [6, 6.07) is 7.96. The highest BCUT2D eigenvalue weighted by Crippen LogP contribution is 2.28. The van der Waals surface area contributed by atoms with Gasteiger partial charge in [0.1, 0.15) is 0 Å². The van der Waals surface area contributed by atoms with E-state index < -0.39 is 0 Å². The van der Waals surface area contributed by atoms with E-state index in [4.69, 9.17) is 11.6 Å². The Bertz CT molecular complexity index is 544. The largest absolute Gasteiger partial charge is 0.330 e. The van der Waals surface area contributed by atoms with Crippen molar-refractivity contribution in [3.63, 3.8) is 0 Å². The normalized spacial score (nSPS) is 16.7. The van der Waals surface area contributed by atoms with Gasteiger partial charge in [0.2, 0.25) is 0 Å². The molecule has 100 valence electrons. The lowest BCUT2D eigenvalue weighted by Gasteiger charge is -2.23. The molecule has 0 aliphatic carbocycles. The van der Waals surface area contributed by atoms with Crippen molar-refractivity contribution >= 4 is 11.6 Å². The molecule has 1 aliphatic heterocycles.